The molecule has 22 heavy (non-hydrogen) atoms. The number of rotatable bonds is 7. The Morgan fingerprint density at radius 3 is 3.05 bits per heavy atom. The van der Waals surface area contributed by atoms with Gasteiger partial charge in [-0.25, -0.2) is 4.98 Å². The highest BCUT2D eigenvalue weighted by Crippen LogP contribution is 2.21. The average molecular weight is 304 g/mol. The smallest absolute Gasteiger partial charge is 0.225 e. The van der Waals surface area contributed by atoms with Crippen LogP contribution >= 0.6 is 0 Å². The molecule has 1 aliphatic rings. The van der Waals surface area contributed by atoms with Crippen LogP contribution in [0.15, 0.2) is 18.6 Å². The van der Waals surface area contributed by atoms with Crippen molar-refractivity contribution in [3.05, 3.63) is 18.6 Å². The van der Waals surface area contributed by atoms with Gasteiger partial charge in [0.2, 0.25) is 5.91 Å². The van der Waals surface area contributed by atoms with Crippen LogP contribution in [0.2, 0.25) is 0 Å². The highest BCUT2D eigenvalue weighted by Gasteiger charge is 2.27. The number of anilines is 1. The molecule has 1 aliphatic heterocycles. The number of piperidine rings is 1. The normalized spacial score (nSPS) is 19.7. The second kappa shape index (κ2) is 8.71. The summed E-state index contributed by atoms with van der Waals surface area (Å²) in [6.45, 7) is 6.00. The predicted molar refractivity (Wildman–Crippen MR) is 88.7 cm³/mol. The van der Waals surface area contributed by atoms with Gasteiger partial charge in [0.25, 0.3) is 0 Å². The molecule has 0 saturated carbocycles. The van der Waals surface area contributed by atoms with Gasteiger partial charge in [0.05, 0.1) is 12.1 Å². The lowest BCUT2D eigenvalue weighted by molar-refractivity contribution is -0.125. The topological polar surface area (TPSA) is 58.1 Å². The number of hydrogen-bond donors (Lipinski definition) is 1. The molecule has 122 valence electrons. The van der Waals surface area contributed by atoms with E-state index in [9.17, 15) is 4.79 Å². The molecule has 1 aromatic rings. The second-order valence-electron chi connectivity index (χ2n) is 6.25. The molecule has 1 saturated heterocycles. The van der Waals surface area contributed by atoms with Crippen LogP contribution in [0.25, 0.3) is 0 Å². The third-order valence-corrected chi connectivity index (χ3v) is 4.30. The van der Waals surface area contributed by atoms with E-state index in [0.29, 0.717) is 0 Å². The first kappa shape index (κ1) is 16.7. The van der Waals surface area contributed by atoms with Gasteiger partial charge < -0.3 is 10.2 Å². The van der Waals surface area contributed by atoms with Crippen molar-refractivity contribution in [2.75, 3.05) is 18.0 Å². The molecular formula is C17H28N4O. The van der Waals surface area contributed by atoms with Crippen molar-refractivity contribution < 1.29 is 4.79 Å². The van der Waals surface area contributed by atoms with Crippen molar-refractivity contribution in [2.24, 2.45) is 5.92 Å². The maximum absolute atomic E-state index is 12.4. The van der Waals surface area contributed by atoms with E-state index in [-0.39, 0.29) is 17.9 Å². The highest BCUT2D eigenvalue weighted by molar-refractivity contribution is 5.79. The van der Waals surface area contributed by atoms with E-state index >= 15 is 0 Å². The largest absolute Gasteiger partial charge is 0.355 e. The Labute approximate surface area is 133 Å². The molecule has 1 aromatic heterocycles. The maximum Gasteiger partial charge on any atom is 0.225 e. The first-order chi connectivity index (χ1) is 10.7. The van der Waals surface area contributed by atoms with Gasteiger partial charge in [0.1, 0.15) is 5.82 Å². The second-order valence-corrected chi connectivity index (χ2v) is 6.25. The number of hydrogen-bond acceptors (Lipinski definition) is 4. The predicted octanol–water partition coefficient (Wildman–Crippen LogP) is 2.78. The summed E-state index contributed by atoms with van der Waals surface area (Å²) in [7, 11) is 0. The van der Waals surface area contributed by atoms with Crippen molar-refractivity contribution in [3.63, 3.8) is 0 Å². The number of unbranched alkanes of at least 4 members (excludes halogenated alkanes) is 2. The molecule has 1 N–H and O–H groups in total. The maximum atomic E-state index is 12.4. The molecule has 2 atom stereocenters. The SMILES string of the molecule is CCCCCC(C)NC(=O)C1CCCN(c2cnccn2)C1. The minimum Gasteiger partial charge on any atom is -0.355 e. The summed E-state index contributed by atoms with van der Waals surface area (Å²) >= 11 is 0. The summed E-state index contributed by atoms with van der Waals surface area (Å²) in [5.74, 6) is 1.12. The Kier molecular flexibility index (Phi) is 6.62. The van der Waals surface area contributed by atoms with Gasteiger partial charge in [-0.2, -0.15) is 0 Å². The summed E-state index contributed by atoms with van der Waals surface area (Å²) in [6, 6.07) is 0.269. The van der Waals surface area contributed by atoms with Crippen LogP contribution in [0.3, 0.4) is 0 Å². The molecule has 0 aliphatic carbocycles. The first-order valence-electron chi connectivity index (χ1n) is 8.52. The Morgan fingerprint density at radius 1 is 1.45 bits per heavy atom. The van der Waals surface area contributed by atoms with Crippen LogP contribution in [0.5, 0.6) is 0 Å². The Morgan fingerprint density at radius 2 is 2.32 bits per heavy atom. The van der Waals surface area contributed by atoms with E-state index in [1.165, 1.54) is 19.3 Å². The van der Waals surface area contributed by atoms with Gasteiger partial charge in [-0.05, 0) is 26.2 Å². The molecule has 0 radical (unpaired) electrons. The molecule has 0 bridgehead atoms. The van der Waals surface area contributed by atoms with E-state index in [0.717, 1.165) is 38.2 Å². The molecule has 1 fully saturated rings. The summed E-state index contributed by atoms with van der Waals surface area (Å²) in [4.78, 5) is 23.1. The van der Waals surface area contributed by atoms with Crippen molar-refractivity contribution in [1.29, 1.82) is 0 Å². The quantitative estimate of drug-likeness (QED) is 0.787. The van der Waals surface area contributed by atoms with Crippen LogP contribution in [0.4, 0.5) is 5.82 Å². The summed E-state index contributed by atoms with van der Waals surface area (Å²) in [5.41, 5.74) is 0. The summed E-state index contributed by atoms with van der Waals surface area (Å²) < 4.78 is 0. The molecule has 2 unspecified atom stereocenters. The molecule has 0 aromatic carbocycles. The lowest BCUT2D eigenvalue weighted by Gasteiger charge is -2.33. The zero-order chi connectivity index (χ0) is 15.8. The molecule has 5 nitrogen and oxygen atoms in total. The minimum atomic E-state index is 0.0596. The Balaban J connectivity index is 1.82. The number of nitrogens with zero attached hydrogens (tertiary/aromatic N) is 3. The number of nitrogens with one attached hydrogen (secondary N) is 1. The van der Waals surface area contributed by atoms with Gasteiger partial charge in [-0.1, -0.05) is 26.2 Å². The zero-order valence-corrected chi connectivity index (χ0v) is 13.8. The van der Waals surface area contributed by atoms with Crippen molar-refractivity contribution >= 4 is 11.7 Å². The number of carbonyl (C=O) groups is 1. The van der Waals surface area contributed by atoms with Crippen molar-refractivity contribution in [1.82, 2.24) is 15.3 Å². The van der Waals surface area contributed by atoms with Gasteiger partial charge in [0, 0.05) is 31.5 Å². The van der Waals surface area contributed by atoms with Gasteiger partial charge in [0.15, 0.2) is 0 Å². The Bertz CT molecular complexity index is 451. The summed E-state index contributed by atoms with van der Waals surface area (Å²) in [5, 5.41) is 3.18. The monoisotopic (exact) mass is 304 g/mol. The molecule has 2 heterocycles. The number of carbonyl (C=O) groups excluding carboxylic acids is 1. The van der Waals surface area contributed by atoms with Crippen LogP contribution < -0.4 is 10.2 Å². The van der Waals surface area contributed by atoms with E-state index in [4.69, 9.17) is 0 Å². The van der Waals surface area contributed by atoms with E-state index < -0.39 is 0 Å². The third-order valence-electron chi connectivity index (χ3n) is 4.30. The lowest BCUT2D eigenvalue weighted by atomic mass is 9.96. The average Bonchev–Trinajstić information content (AvgIpc) is 2.56. The van der Waals surface area contributed by atoms with E-state index in [1.54, 1.807) is 18.6 Å². The third kappa shape index (κ3) is 4.97. The van der Waals surface area contributed by atoms with Crippen LogP contribution in [-0.4, -0.2) is 35.0 Å². The fourth-order valence-corrected chi connectivity index (χ4v) is 2.99. The molecule has 1 amide bonds. The molecule has 0 spiro atoms. The molecular weight excluding hydrogens is 276 g/mol. The fraction of sp³-hybridized carbons (Fsp3) is 0.706. The lowest BCUT2D eigenvalue weighted by Crippen LogP contribution is -2.45. The van der Waals surface area contributed by atoms with Gasteiger partial charge in [-0.15, -0.1) is 0 Å². The standard InChI is InChI=1S/C17H28N4O/c1-3-4-5-7-14(2)20-17(22)15-8-6-11-21(13-15)16-12-18-9-10-19-16/h9-10,12,14-15H,3-8,11,13H2,1-2H3,(H,20,22). The summed E-state index contributed by atoms with van der Waals surface area (Å²) in [6.07, 6.45) is 11.9. The van der Waals surface area contributed by atoms with Crippen LogP contribution in [-0.2, 0) is 4.79 Å². The first-order valence-corrected chi connectivity index (χ1v) is 8.52. The minimum absolute atomic E-state index is 0.0596. The van der Waals surface area contributed by atoms with E-state index in [2.05, 4.69) is 34.0 Å². The van der Waals surface area contributed by atoms with Crippen molar-refractivity contribution in [3.8, 4) is 0 Å². The molecule has 5 heteroatoms. The van der Waals surface area contributed by atoms with Gasteiger partial charge in [-0.3, -0.25) is 9.78 Å². The number of amides is 1. The van der Waals surface area contributed by atoms with E-state index in [1.807, 2.05) is 0 Å². The van der Waals surface area contributed by atoms with Crippen molar-refractivity contribution in [2.45, 2.75) is 58.4 Å². The Hall–Kier alpha value is -1.65. The van der Waals surface area contributed by atoms with Gasteiger partial charge >= 0.3 is 0 Å². The van der Waals surface area contributed by atoms with Crippen LogP contribution in [0, 0.1) is 5.92 Å². The highest BCUT2D eigenvalue weighted by atomic mass is 16.2. The molecule has 2 rings (SSSR count). The zero-order valence-electron chi connectivity index (χ0n) is 13.8. The fourth-order valence-electron chi connectivity index (χ4n) is 2.99. The number of aromatic nitrogens is 2. The van der Waals surface area contributed by atoms with Crippen LogP contribution in [0.1, 0.15) is 52.4 Å².